The van der Waals surface area contributed by atoms with Gasteiger partial charge in [-0.1, -0.05) is 0 Å². The van der Waals surface area contributed by atoms with E-state index in [1.807, 2.05) is 6.92 Å². The predicted octanol–water partition coefficient (Wildman–Crippen LogP) is 1.29. The van der Waals surface area contributed by atoms with Gasteiger partial charge in [-0.25, -0.2) is 13.4 Å². The van der Waals surface area contributed by atoms with Crippen molar-refractivity contribution < 1.29 is 8.42 Å². The van der Waals surface area contributed by atoms with Crippen LogP contribution in [0.2, 0.25) is 0 Å². The summed E-state index contributed by atoms with van der Waals surface area (Å²) in [6, 6.07) is 0. The van der Waals surface area contributed by atoms with Crippen LogP contribution in [0.3, 0.4) is 0 Å². The minimum Gasteiger partial charge on any atom is -0.336 e. The number of aryl methyl sites for hydroxylation is 1. The van der Waals surface area contributed by atoms with Crippen LogP contribution in [0.25, 0.3) is 0 Å². The molecule has 5 nitrogen and oxygen atoms in total. The van der Waals surface area contributed by atoms with Gasteiger partial charge in [-0.3, -0.25) is 0 Å². The van der Waals surface area contributed by atoms with Crippen molar-refractivity contribution in [1.82, 2.24) is 13.9 Å². The molecule has 0 spiro atoms. The minimum absolute atomic E-state index is 0.0909. The van der Waals surface area contributed by atoms with Gasteiger partial charge in [-0.05, 0) is 19.8 Å². The van der Waals surface area contributed by atoms with Crippen molar-refractivity contribution in [1.29, 1.82) is 0 Å². The molecule has 1 fully saturated rings. The summed E-state index contributed by atoms with van der Waals surface area (Å²) in [7, 11) is -3.47. The second-order valence-corrected chi connectivity index (χ2v) is 6.65. The third-order valence-corrected chi connectivity index (χ3v) is 5.01. The van der Waals surface area contributed by atoms with Crippen LogP contribution in [0, 0.1) is 0 Å². The van der Waals surface area contributed by atoms with Crippen molar-refractivity contribution in [2.24, 2.45) is 0 Å². The summed E-state index contributed by atoms with van der Waals surface area (Å²) in [5.41, 5.74) is 0. The highest BCUT2D eigenvalue weighted by molar-refractivity contribution is 7.89. The molecule has 0 radical (unpaired) electrons. The predicted molar refractivity (Wildman–Crippen MR) is 65.5 cm³/mol. The van der Waals surface area contributed by atoms with Gasteiger partial charge in [-0.2, -0.15) is 4.31 Å². The Labute approximate surface area is 106 Å². The first-order valence-corrected chi connectivity index (χ1v) is 7.57. The molecule has 1 saturated heterocycles. The minimum atomic E-state index is -3.47. The van der Waals surface area contributed by atoms with Crippen LogP contribution in [0.15, 0.2) is 17.6 Å². The number of hydrogen-bond acceptors (Lipinski definition) is 3. The molecular formula is C10H16ClN3O2S. The maximum absolute atomic E-state index is 12.3. The fourth-order valence-corrected chi connectivity index (χ4v) is 3.75. The van der Waals surface area contributed by atoms with Gasteiger partial charge in [0.2, 0.25) is 0 Å². The second kappa shape index (κ2) is 4.96. The zero-order valence-corrected chi connectivity index (χ0v) is 11.3. The Hall–Kier alpha value is -0.590. The molecule has 0 aliphatic carbocycles. The summed E-state index contributed by atoms with van der Waals surface area (Å²) in [5, 5.41) is 0.0249. The summed E-state index contributed by atoms with van der Waals surface area (Å²) in [4.78, 5) is 3.95. The highest BCUT2D eigenvalue weighted by Gasteiger charge is 2.30. The Kier molecular flexibility index (Phi) is 3.75. The molecule has 0 saturated carbocycles. The van der Waals surface area contributed by atoms with Crippen molar-refractivity contribution in [3.8, 4) is 0 Å². The Balaban J connectivity index is 2.23. The molecule has 0 bridgehead atoms. The van der Waals surface area contributed by atoms with Crippen molar-refractivity contribution in [3.63, 3.8) is 0 Å². The fourth-order valence-electron chi connectivity index (χ4n) is 1.89. The van der Waals surface area contributed by atoms with E-state index in [1.54, 1.807) is 10.8 Å². The monoisotopic (exact) mass is 277 g/mol. The van der Waals surface area contributed by atoms with Crippen LogP contribution in [-0.4, -0.2) is 40.7 Å². The van der Waals surface area contributed by atoms with E-state index in [0.717, 1.165) is 12.8 Å². The molecule has 0 aromatic carbocycles. The Morgan fingerprint density at radius 3 is 2.94 bits per heavy atom. The van der Waals surface area contributed by atoms with E-state index in [4.69, 9.17) is 11.6 Å². The molecule has 96 valence electrons. The van der Waals surface area contributed by atoms with E-state index in [9.17, 15) is 8.42 Å². The maximum Gasteiger partial charge on any atom is 0.262 e. The van der Waals surface area contributed by atoms with Crippen LogP contribution in [-0.2, 0) is 16.6 Å². The lowest BCUT2D eigenvalue weighted by atomic mass is 10.2. The lowest BCUT2D eigenvalue weighted by Crippen LogP contribution is -2.40. The smallest absolute Gasteiger partial charge is 0.262 e. The van der Waals surface area contributed by atoms with Gasteiger partial charge >= 0.3 is 0 Å². The molecule has 7 heteroatoms. The quantitative estimate of drug-likeness (QED) is 0.783. The Morgan fingerprint density at radius 2 is 2.35 bits per heavy atom. The second-order valence-electron chi connectivity index (χ2n) is 4.14. The summed E-state index contributed by atoms with van der Waals surface area (Å²) in [5.74, 6) is 0. The number of sulfonamides is 1. The van der Waals surface area contributed by atoms with Crippen LogP contribution in [0.4, 0.5) is 0 Å². The standard InChI is InChI=1S/C10H16ClN3O2S/c1-2-13-7-10(12-8-13)17(15,16)14-5-3-4-9(11)6-14/h7-9H,2-6H2,1H3. The van der Waals surface area contributed by atoms with E-state index >= 15 is 0 Å². The lowest BCUT2D eigenvalue weighted by Gasteiger charge is -2.28. The van der Waals surface area contributed by atoms with E-state index < -0.39 is 10.0 Å². The molecule has 1 aromatic heterocycles. The van der Waals surface area contributed by atoms with Gasteiger partial charge in [0.1, 0.15) is 0 Å². The lowest BCUT2D eigenvalue weighted by molar-refractivity contribution is 0.349. The van der Waals surface area contributed by atoms with Crippen LogP contribution >= 0.6 is 11.6 Å². The molecule has 1 aromatic rings. The van der Waals surface area contributed by atoms with Gasteiger partial charge < -0.3 is 4.57 Å². The van der Waals surface area contributed by atoms with E-state index in [2.05, 4.69) is 4.98 Å². The maximum atomic E-state index is 12.3. The average Bonchev–Trinajstić information content (AvgIpc) is 2.78. The number of aromatic nitrogens is 2. The van der Waals surface area contributed by atoms with Crippen molar-refractivity contribution >= 4 is 21.6 Å². The number of imidazole rings is 1. The summed E-state index contributed by atoms with van der Waals surface area (Å²) in [6.07, 6.45) is 4.78. The number of piperidine rings is 1. The zero-order chi connectivity index (χ0) is 12.5. The number of alkyl halides is 1. The van der Waals surface area contributed by atoms with Crippen LogP contribution < -0.4 is 0 Å². The first-order valence-electron chi connectivity index (χ1n) is 5.70. The van der Waals surface area contributed by atoms with Gasteiger partial charge in [0, 0.05) is 31.2 Å². The molecular weight excluding hydrogens is 262 g/mol. The Morgan fingerprint density at radius 1 is 1.59 bits per heavy atom. The van der Waals surface area contributed by atoms with Crippen molar-refractivity contribution in [2.75, 3.05) is 13.1 Å². The number of halogens is 1. The Bertz CT molecular complexity index is 485. The molecule has 0 N–H and O–H groups in total. The SMILES string of the molecule is CCn1cnc(S(=O)(=O)N2CCCC(Cl)C2)c1. The number of nitrogens with zero attached hydrogens (tertiary/aromatic N) is 3. The zero-order valence-electron chi connectivity index (χ0n) is 9.71. The van der Waals surface area contributed by atoms with Crippen LogP contribution in [0.1, 0.15) is 19.8 Å². The van der Waals surface area contributed by atoms with Gasteiger partial charge in [0.05, 0.1) is 6.33 Å². The molecule has 1 atom stereocenters. The molecule has 2 heterocycles. The van der Waals surface area contributed by atoms with Gasteiger partial charge in [0.25, 0.3) is 10.0 Å². The molecule has 1 unspecified atom stereocenters. The van der Waals surface area contributed by atoms with Crippen molar-refractivity contribution in [2.45, 2.75) is 36.7 Å². The summed E-state index contributed by atoms with van der Waals surface area (Å²) < 4.78 is 27.7. The molecule has 2 rings (SSSR count). The van der Waals surface area contributed by atoms with Crippen LogP contribution in [0.5, 0.6) is 0 Å². The topological polar surface area (TPSA) is 55.2 Å². The third kappa shape index (κ3) is 2.64. The fraction of sp³-hybridized carbons (Fsp3) is 0.700. The van der Waals surface area contributed by atoms with E-state index in [0.29, 0.717) is 19.6 Å². The van der Waals surface area contributed by atoms with Gasteiger partial charge in [0.15, 0.2) is 5.03 Å². The highest BCUT2D eigenvalue weighted by atomic mass is 35.5. The average molecular weight is 278 g/mol. The molecule has 0 amide bonds. The summed E-state index contributed by atoms with van der Waals surface area (Å²) in [6.45, 7) is 3.56. The van der Waals surface area contributed by atoms with Crippen molar-refractivity contribution in [3.05, 3.63) is 12.5 Å². The first kappa shape index (κ1) is 12.9. The normalized spacial score (nSPS) is 22.8. The highest BCUT2D eigenvalue weighted by Crippen LogP contribution is 2.21. The number of rotatable bonds is 3. The van der Waals surface area contributed by atoms with E-state index in [1.165, 1.54) is 10.6 Å². The number of hydrogen-bond donors (Lipinski definition) is 0. The van der Waals surface area contributed by atoms with Gasteiger partial charge in [-0.15, -0.1) is 11.6 Å². The molecule has 1 aliphatic rings. The first-order chi connectivity index (χ1) is 8.04. The molecule has 1 aliphatic heterocycles. The summed E-state index contributed by atoms with van der Waals surface area (Å²) >= 11 is 6.01. The largest absolute Gasteiger partial charge is 0.336 e. The third-order valence-electron chi connectivity index (χ3n) is 2.91. The van der Waals surface area contributed by atoms with E-state index in [-0.39, 0.29) is 10.4 Å². The molecule has 17 heavy (non-hydrogen) atoms.